The van der Waals surface area contributed by atoms with Crippen molar-refractivity contribution in [1.29, 1.82) is 0 Å². The maximum Gasteiger partial charge on any atom is 0.267 e. The second kappa shape index (κ2) is 8.61. The number of hydrogen-bond acceptors (Lipinski definition) is 6. The summed E-state index contributed by atoms with van der Waals surface area (Å²) >= 11 is 7.65. The number of rotatable bonds is 5. The normalized spacial score (nSPS) is 11.2. The van der Waals surface area contributed by atoms with Crippen LogP contribution < -0.4 is 5.56 Å². The number of aryl methyl sites for hydroxylation is 1. The summed E-state index contributed by atoms with van der Waals surface area (Å²) in [6, 6.07) is 18.5. The smallest absolute Gasteiger partial charge is 0.267 e. The molecule has 8 heteroatoms. The van der Waals surface area contributed by atoms with Crippen molar-refractivity contribution in [2.45, 2.75) is 17.8 Å². The lowest BCUT2D eigenvalue weighted by molar-refractivity contribution is 0.573. The number of aromatic nitrogens is 4. The molecule has 6 nitrogen and oxygen atoms in total. The number of fused-ring (bicyclic) bond motifs is 1. The summed E-state index contributed by atoms with van der Waals surface area (Å²) in [7, 11) is 0. The minimum absolute atomic E-state index is 0.159. The van der Waals surface area contributed by atoms with Gasteiger partial charge in [-0.1, -0.05) is 47.6 Å². The minimum atomic E-state index is -0.159. The van der Waals surface area contributed by atoms with Gasteiger partial charge in [-0.25, -0.2) is 19.5 Å². The lowest BCUT2D eigenvalue weighted by atomic mass is 10.2. The van der Waals surface area contributed by atoms with Crippen molar-refractivity contribution in [1.82, 2.24) is 19.5 Å². The number of hydrogen-bond donors (Lipinski definition) is 0. The van der Waals surface area contributed by atoms with E-state index in [2.05, 4.69) is 9.97 Å². The topological polar surface area (TPSA) is 73.8 Å². The van der Waals surface area contributed by atoms with Gasteiger partial charge in [-0.15, -0.1) is 0 Å². The Hall–Kier alpha value is -3.42. The van der Waals surface area contributed by atoms with Crippen molar-refractivity contribution in [3.05, 3.63) is 99.8 Å². The molecule has 3 heterocycles. The Kier molecular flexibility index (Phi) is 5.51. The Bertz CT molecular complexity index is 1500. The predicted molar refractivity (Wildman–Crippen MR) is 126 cm³/mol. The lowest BCUT2D eigenvalue weighted by Crippen LogP contribution is -2.22. The molecule has 5 rings (SSSR count). The zero-order valence-electron chi connectivity index (χ0n) is 17.0. The van der Waals surface area contributed by atoms with E-state index in [1.807, 2.05) is 55.5 Å². The van der Waals surface area contributed by atoms with Crippen LogP contribution in [0.1, 0.15) is 11.3 Å². The summed E-state index contributed by atoms with van der Waals surface area (Å²) in [5, 5.41) is 1.65. The highest BCUT2D eigenvalue weighted by Gasteiger charge is 2.16. The molecular weight excluding hydrogens is 444 g/mol. The molecule has 0 aliphatic carbocycles. The summed E-state index contributed by atoms with van der Waals surface area (Å²) in [5.74, 6) is 1.45. The largest absolute Gasteiger partial charge is 0.444 e. The van der Waals surface area contributed by atoms with Crippen molar-refractivity contribution in [2.24, 2.45) is 0 Å². The fourth-order valence-corrected chi connectivity index (χ4v) is 4.42. The summed E-state index contributed by atoms with van der Waals surface area (Å²) in [6.45, 7) is 1.96. The summed E-state index contributed by atoms with van der Waals surface area (Å²) in [5.41, 5.74) is 2.94. The second-order valence-electron chi connectivity index (χ2n) is 7.16. The van der Waals surface area contributed by atoms with E-state index < -0.39 is 0 Å². The molecule has 3 aromatic heterocycles. The van der Waals surface area contributed by atoms with Crippen molar-refractivity contribution >= 4 is 34.3 Å². The summed E-state index contributed by atoms with van der Waals surface area (Å²) in [6.07, 6.45) is 3.29. The summed E-state index contributed by atoms with van der Waals surface area (Å²) in [4.78, 5) is 27.0. The predicted octanol–water partition coefficient (Wildman–Crippen LogP) is 5.69. The Morgan fingerprint density at radius 1 is 1.06 bits per heavy atom. The third-order valence-electron chi connectivity index (χ3n) is 4.88. The third kappa shape index (κ3) is 3.92. The van der Waals surface area contributed by atoms with Gasteiger partial charge in [-0.3, -0.25) is 4.79 Å². The van der Waals surface area contributed by atoms with Gasteiger partial charge in [0, 0.05) is 11.9 Å². The van der Waals surface area contributed by atoms with Gasteiger partial charge in [0.05, 0.1) is 27.2 Å². The average Bonchev–Trinajstić information content (AvgIpc) is 3.27. The average molecular weight is 461 g/mol. The molecule has 0 radical (unpaired) electrons. The quantitative estimate of drug-likeness (QED) is 0.248. The van der Waals surface area contributed by atoms with Crippen LogP contribution in [0.5, 0.6) is 0 Å². The van der Waals surface area contributed by atoms with Crippen LogP contribution >= 0.6 is 23.4 Å². The molecule has 0 saturated carbocycles. The Labute approximate surface area is 192 Å². The highest BCUT2D eigenvalue weighted by molar-refractivity contribution is 7.98. The van der Waals surface area contributed by atoms with E-state index in [1.165, 1.54) is 11.8 Å². The van der Waals surface area contributed by atoms with Crippen LogP contribution in [0.15, 0.2) is 87.5 Å². The van der Waals surface area contributed by atoms with E-state index >= 15 is 0 Å². The van der Waals surface area contributed by atoms with E-state index in [1.54, 1.807) is 29.2 Å². The van der Waals surface area contributed by atoms with E-state index in [0.717, 1.165) is 16.8 Å². The van der Waals surface area contributed by atoms with Gasteiger partial charge in [0.25, 0.3) is 5.56 Å². The maximum absolute atomic E-state index is 13.3. The Morgan fingerprint density at radius 2 is 1.88 bits per heavy atom. The van der Waals surface area contributed by atoms with Gasteiger partial charge in [0.1, 0.15) is 12.1 Å². The second-order valence-corrected chi connectivity index (χ2v) is 8.51. The highest BCUT2D eigenvalue weighted by atomic mass is 35.5. The maximum atomic E-state index is 13.3. The molecular formula is C24H17ClN4O2S. The van der Waals surface area contributed by atoms with Crippen LogP contribution in [0.2, 0.25) is 5.02 Å². The Balaban J connectivity index is 1.53. The standard InChI is InChI=1S/C24H17ClN4O2S/c1-15-10-11-26-21(12-15)29-23(30)18-7-3-5-9-20(18)28-24(29)32-14-16-13-31-22(27-16)17-6-2-4-8-19(17)25/h2-13H,14H2,1H3. The zero-order valence-corrected chi connectivity index (χ0v) is 18.6. The highest BCUT2D eigenvalue weighted by Crippen LogP contribution is 2.29. The number of pyridine rings is 1. The first kappa shape index (κ1) is 20.5. The fraction of sp³-hybridized carbons (Fsp3) is 0.0833. The number of oxazole rings is 1. The van der Waals surface area contributed by atoms with Crippen molar-refractivity contribution in [3.8, 4) is 17.3 Å². The number of benzene rings is 2. The molecule has 0 atom stereocenters. The molecule has 0 aliphatic heterocycles. The molecule has 158 valence electrons. The van der Waals surface area contributed by atoms with Crippen LogP contribution in [0.4, 0.5) is 0 Å². The van der Waals surface area contributed by atoms with Gasteiger partial charge in [0.15, 0.2) is 5.16 Å². The molecule has 0 bridgehead atoms. The molecule has 0 amide bonds. The number of halogens is 1. The molecule has 5 aromatic rings. The van der Waals surface area contributed by atoms with E-state index in [-0.39, 0.29) is 5.56 Å². The first-order valence-electron chi connectivity index (χ1n) is 9.87. The molecule has 0 fully saturated rings. The van der Waals surface area contributed by atoms with Crippen LogP contribution in [0, 0.1) is 6.92 Å². The van der Waals surface area contributed by atoms with Gasteiger partial charge in [0.2, 0.25) is 5.89 Å². The van der Waals surface area contributed by atoms with E-state index in [9.17, 15) is 4.79 Å². The van der Waals surface area contributed by atoms with Crippen molar-refractivity contribution < 1.29 is 4.42 Å². The fourth-order valence-electron chi connectivity index (χ4n) is 3.32. The van der Waals surface area contributed by atoms with Crippen LogP contribution in [0.3, 0.4) is 0 Å². The summed E-state index contributed by atoms with van der Waals surface area (Å²) < 4.78 is 7.19. The van der Waals surface area contributed by atoms with Crippen LogP contribution in [0.25, 0.3) is 28.2 Å². The molecule has 0 aliphatic rings. The molecule has 0 unspecified atom stereocenters. The molecule has 32 heavy (non-hydrogen) atoms. The third-order valence-corrected chi connectivity index (χ3v) is 6.18. The molecule has 2 aromatic carbocycles. The first-order chi connectivity index (χ1) is 15.6. The number of thioether (sulfide) groups is 1. The van der Waals surface area contributed by atoms with Gasteiger partial charge < -0.3 is 4.42 Å². The van der Waals surface area contributed by atoms with Crippen LogP contribution in [-0.4, -0.2) is 19.5 Å². The Morgan fingerprint density at radius 3 is 2.72 bits per heavy atom. The van der Waals surface area contributed by atoms with Crippen molar-refractivity contribution in [2.75, 3.05) is 0 Å². The van der Waals surface area contributed by atoms with Gasteiger partial charge in [-0.2, -0.15) is 0 Å². The minimum Gasteiger partial charge on any atom is -0.444 e. The van der Waals surface area contributed by atoms with E-state index in [4.69, 9.17) is 21.0 Å². The molecule has 0 spiro atoms. The first-order valence-corrected chi connectivity index (χ1v) is 11.2. The van der Waals surface area contributed by atoms with Crippen molar-refractivity contribution in [3.63, 3.8) is 0 Å². The number of para-hydroxylation sites is 1. The van der Waals surface area contributed by atoms with Gasteiger partial charge in [-0.05, 0) is 48.9 Å². The monoisotopic (exact) mass is 460 g/mol. The SMILES string of the molecule is Cc1ccnc(-n2c(SCc3coc(-c4ccccc4Cl)n3)nc3ccccc3c2=O)c1. The zero-order chi connectivity index (χ0) is 22.1. The van der Waals surface area contributed by atoms with Crippen LogP contribution in [-0.2, 0) is 5.75 Å². The molecule has 0 saturated heterocycles. The molecule has 0 N–H and O–H groups in total. The lowest BCUT2D eigenvalue weighted by Gasteiger charge is -2.12. The van der Waals surface area contributed by atoms with Gasteiger partial charge >= 0.3 is 0 Å². The number of nitrogens with zero attached hydrogens (tertiary/aromatic N) is 4. The van der Waals surface area contributed by atoms with E-state index in [0.29, 0.717) is 38.5 Å².